The average Bonchev–Trinajstić information content (AvgIpc) is 3.21. The number of amides is 1. The van der Waals surface area contributed by atoms with Gasteiger partial charge in [-0.1, -0.05) is 12.8 Å². The zero-order chi connectivity index (χ0) is 15.6. The van der Waals surface area contributed by atoms with Crippen LogP contribution in [0.15, 0.2) is 18.5 Å². The minimum absolute atomic E-state index is 0.0613. The monoisotopic (exact) mass is 325 g/mol. The Hall–Kier alpha value is -1.37. The summed E-state index contributed by atoms with van der Waals surface area (Å²) in [5.41, 5.74) is 0. The lowest BCUT2D eigenvalue weighted by atomic mass is 10.2. The van der Waals surface area contributed by atoms with Gasteiger partial charge in [0, 0.05) is 18.9 Å². The summed E-state index contributed by atoms with van der Waals surface area (Å²) in [6.45, 7) is 1.30. The maximum atomic E-state index is 12.5. The highest BCUT2D eigenvalue weighted by Gasteiger charge is 2.35. The second-order valence-electron chi connectivity index (χ2n) is 6.32. The predicted octanol–water partition coefficient (Wildman–Crippen LogP) is 1.23. The van der Waals surface area contributed by atoms with Gasteiger partial charge in [0.25, 0.3) is 0 Å². The quantitative estimate of drug-likeness (QED) is 0.816. The maximum Gasteiger partial charge on any atom is 0.238 e. The van der Waals surface area contributed by atoms with Crippen molar-refractivity contribution in [2.75, 3.05) is 12.3 Å². The highest BCUT2D eigenvalue weighted by Crippen LogP contribution is 2.26. The number of carbonyl (C=O) groups is 1. The van der Waals surface area contributed by atoms with E-state index in [1.165, 1.54) is 0 Å². The summed E-state index contributed by atoms with van der Waals surface area (Å²) in [5.74, 6) is -0.561. The van der Waals surface area contributed by atoms with E-state index in [2.05, 4.69) is 5.10 Å². The van der Waals surface area contributed by atoms with Crippen molar-refractivity contribution in [1.29, 1.82) is 0 Å². The van der Waals surface area contributed by atoms with E-state index in [1.807, 2.05) is 16.9 Å². The van der Waals surface area contributed by atoms with Crippen LogP contribution in [0.25, 0.3) is 0 Å². The topological polar surface area (TPSA) is 72.3 Å². The van der Waals surface area contributed by atoms with E-state index in [-0.39, 0.29) is 23.0 Å². The number of aromatic nitrogens is 2. The Morgan fingerprint density at radius 2 is 1.95 bits per heavy atom. The van der Waals surface area contributed by atoms with Crippen molar-refractivity contribution in [2.45, 2.75) is 56.4 Å². The van der Waals surface area contributed by atoms with Crippen molar-refractivity contribution < 1.29 is 13.2 Å². The number of hydrogen-bond acceptors (Lipinski definition) is 4. The largest absolute Gasteiger partial charge is 0.337 e. The van der Waals surface area contributed by atoms with Crippen LogP contribution in [-0.4, -0.2) is 52.6 Å². The van der Waals surface area contributed by atoms with Gasteiger partial charge in [-0.2, -0.15) is 5.10 Å². The van der Waals surface area contributed by atoms with Gasteiger partial charge < -0.3 is 4.90 Å². The normalized spacial score (nSPS) is 23.3. The van der Waals surface area contributed by atoms with Crippen LogP contribution in [-0.2, 0) is 21.2 Å². The Morgan fingerprint density at radius 3 is 2.64 bits per heavy atom. The first-order chi connectivity index (χ1) is 10.6. The molecule has 1 amide bonds. The van der Waals surface area contributed by atoms with E-state index >= 15 is 0 Å². The van der Waals surface area contributed by atoms with Gasteiger partial charge in [-0.3, -0.25) is 9.48 Å². The molecule has 1 unspecified atom stereocenters. The molecule has 22 heavy (non-hydrogen) atoms. The summed E-state index contributed by atoms with van der Waals surface area (Å²) in [4.78, 5) is 14.2. The maximum absolute atomic E-state index is 12.5. The van der Waals surface area contributed by atoms with Gasteiger partial charge in [0.2, 0.25) is 5.91 Å². The number of sulfone groups is 1. The fourth-order valence-corrected chi connectivity index (χ4v) is 5.40. The fraction of sp³-hybridized carbons (Fsp3) is 0.733. The second-order valence-corrected chi connectivity index (χ2v) is 8.61. The summed E-state index contributed by atoms with van der Waals surface area (Å²) < 4.78 is 26.5. The summed E-state index contributed by atoms with van der Waals surface area (Å²) in [5, 5.41) is 3.87. The van der Waals surface area contributed by atoms with Crippen molar-refractivity contribution in [3.63, 3.8) is 0 Å². The Morgan fingerprint density at radius 1 is 1.18 bits per heavy atom. The van der Waals surface area contributed by atoms with Gasteiger partial charge in [-0.05, 0) is 31.7 Å². The smallest absolute Gasteiger partial charge is 0.238 e. The first-order valence-corrected chi connectivity index (χ1v) is 9.76. The van der Waals surface area contributed by atoms with E-state index in [1.54, 1.807) is 11.1 Å². The van der Waals surface area contributed by atoms with E-state index in [0.717, 1.165) is 25.7 Å². The molecule has 1 aliphatic carbocycles. The molecule has 2 fully saturated rings. The Bertz CT molecular complexity index is 606. The zero-order valence-corrected chi connectivity index (χ0v) is 13.5. The molecule has 1 aromatic heterocycles. The molecule has 2 aliphatic rings. The lowest BCUT2D eigenvalue weighted by Gasteiger charge is -2.25. The Balaban J connectivity index is 1.63. The molecular formula is C15H23N3O3S. The number of rotatable bonds is 5. The second kappa shape index (κ2) is 6.40. The lowest BCUT2D eigenvalue weighted by Crippen LogP contribution is -2.42. The Kier molecular flexibility index (Phi) is 4.52. The molecule has 2 heterocycles. The summed E-state index contributed by atoms with van der Waals surface area (Å²) >= 11 is 0. The molecular weight excluding hydrogens is 302 g/mol. The summed E-state index contributed by atoms with van der Waals surface area (Å²) in [6.07, 6.45) is 8.78. The molecule has 0 radical (unpaired) electrons. The first-order valence-electron chi connectivity index (χ1n) is 8.05. The molecule has 1 saturated carbocycles. The minimum atomic E-state index is -3.30. The van der Waals surface area contributed by atoms with Crippen LogP contribution in [0, 0.1) is 0 Å². The van der Waals surface area contributed by atoms with Crippen LogP contribution >= 0.6 is 0 Å². The molecule has 1 atom stereocenters. The van der Waals surface area contributed by atoms with Crippen LogP contribution in [0.1, 0.15) is 38.5 Å². The minimum Gasteiger partial charge on any atom is -0.337 e. The van der Waals surface area contributed by atoms with E-state index in [9.17, 15) is 13.2 Å². The highest BCUT2D eigenvalue weighted by atomic mass is 32.2. The zero-order valence-electron chi connectivity index (χ0n) is 12.7. The van der Waals surface area contributed by atoms with Crippen molar-refractivity contribution in [1.82, 2.24) is 14.7 Å². The number of likely N-dealkylation sites (tertiary alicyclic amines) is 1. The molecule has 1 saturated heterocycles. The van der Waals surface area contributed by atoms with Crippen molar-refractivity contribution in [2.24, 2.45) is 0 Å². The third kappa shape index (κ3) is 3.34. The van der Waals surface area contributed by atoms with Crippen LogP contribution in [0.5, 0.6) is 0 Å². The van der Waals surface area contributed by atoms with E-state index in [4.69, 9.17) is 0 Å². The summed E-state index contributed by atoms with van der Waals surface area (Å²) in [7, 11) is -3.30. The molecule has 3 rings (SSSR count). The highest BCUT2D eigenvalue weighted by molar-refractivity contribution is 7.92. The van der Waals surface area contributed by atoms with Gasteiger partial charge in [0.15, 0.2) is 9.84 Å². The fourth-order valence-electron chi connectivity index (χ4n) is 3.60. The predicted molar refractivity (Wildman–Crippen MR) is 83.0 cm³/mol. The summed E-state index contributed by atoms with van der Waals surface area (Å²) in [6, 6.07) is 1.91. The van der Waals surface area contributed by atoms with Gasteiger partial charge in [0.05, 0.1) is 17.8 Å². The third-order valence-electron chi connectivity index (χ3n) is 4.79. The van der Waals surface area contributed by atoms with Crippen LogP contribution in [0.4, 0.5) is 0 Å². The molecule has 6 nitrogen and oxygen atoms in total. The van der Waals surface area contributed by atoms with Crippen LogP contribution in [0.3, 0.4) is 0 Å². The molecule has 1 aromatic rings. The molecule has 0 aromatic carbocycles. The van der Waals surface area contributed by atoms with Crippen molar-refractivity contribution >= 4 is 15.7 Å². The Labute approximate surface area is 131 Å². The number of carbonyl (C=O) groups excluding carboxylic acids is 1. The standard InChI is InChI=1S/C15H23N3O3S/c19-15(12-22(20,21)14-6-1-2-7-14)18-10-3-5-13(18)11-17-9-4-8-16-17/h4,8-9,13-14H,1-3,5-7,10-12H2. The molecule has 0 spiro atoms. The van der Waals surface area contributed by atoms with Crippen molar-refractivity contribution in [3.05, 3.63) is 18.5 Å². The van der Waals surface area contributed by atoms with Gasteiger partial charge >= 0.3 is 0 Å². The molecule has 1 aliphatic heterocycles. The third-order valence-corrected chi connectivity index (χ3v) is 6.93. The first kappa shape index (κ1) is 15.5. The van der Waals surface area contributed by atoms with Crippen LogP contribution in [0.2, 0.25) is 0 Å². The van der Waals surface area contributed by atoms with Gasteiger partial charge in [0.1, 0.15) is 5.75 Å². The van der Waals surface area contributed by atoms with Crippen molar-refractivity contribution in [3.8, 4) is 0 Å². The van der Waals surface area contributed by atoms with Gasteiger partial charge in [-0.15, -0.1) is 0 Å². The number of nitrogens with zero attached hydrogens (tertiary/aromatic N) is 3. The number of hydrogen-bond donors (Lipinski definition) is 0. The van der Waals surface area contributed by atoms with E-state index in [0.29, 0.717) is 25.9 Å². The average molecular weight is 325 g/mol. The van der Waals surface area contributed by atoms with Gasteiger partial charge in [-0.25, -0.2) is 8.42 Å². The molecule has 0 bridgehead atoms. The SMILES string of the molecule is O=C(CS(=O)(=O)C1CCCC1)N1CCCC1Cn1cccn1. The van der Waals surface area contributed by atoms with Crippen LogP contribution < -0.4 is 0 Å². The van der Waals surface area contributed by atoms with E-state index < -0.39 is 9.84 Å². The molecule has 0 N–H and O–H groups in total. The lowest BCUT2D eigenvalue weighted by molar-refractivity contribution is -0.129. The molecule has 7 heteroatoms. The molecule has 122 valence electrons.